The zero-order valence-electron chi connectivity index (χ0n) is 19.1. The van der Waals surface area contributed by atoms with E-state index >= 15 is 0 Å². The number of aromatic nitrogens is 4. The van der Waals surface area contributed by atoms with Gasteiger partial charge in [0.15, 0.2) is 0 Å². The van der Waals surface area contributed by atoms with Crippen molar-refractivity contribution in [3.8, 4) is 17.1 Å². The van der Waals surface area contributed by atoms with Crippen LogP contribution < -0.4 is 10.6 Å². The minimum Gasteiger partial charge on any atom is -0.598 e. The van der Waals surface area contributed by atoms with Gasteiger partial charge in [-0.3, -0.25) is 0 Å². The number of benzene rings is 1. The lowest BCUT2D eigenvalue weighted by molar-refractivity contribution is -0.137. The first-order chi connectivity index (χ1) is 16.7. The molecule has 1 fully saturated rings. The van der Waals surface area contributed by atoms with Gasteiger partial charge in [-0.25, -0.2) is 15.0 Å². The summed E-state index contributed by atoms with van der Waals surface area (Å²) in [6.07, 6.45) is 1.98. The number of hydrogen-bond donors (Lipinski definition) is 2. The Kier molecular flexibility index (Phi) is 7.86. The van der Waals surface area contributed by atoms with E-state index in [-0.39, 0.29) is 23.4 Å². The Balaban J connectivity index is 1.61. The number of imidazole rings is 1. The molecular weight excluding hydrogens is 503 g/mol. The van der Waals surface area contributed by atoms with E-state index in [1.165, 1.54) is 12.5 Å². The zero-order chi connectivity index (χ0) is 25.2. The van der Waals surface area contributed by atoms with E-state index in [1.807, 2.05) is 17.4 Å². The molecule has 1 aliphatic rings. The van der Waals surface area contributed by atoms with Gasteiger partial charge in [0.25, 0.3) is 0 Å². The van der Waals surface area contributed by atoms with E-state index in [4.69, 9.17) is 11.6 Å². The van der Waals surface area contributed by atoms with Crippen LogP contribution in [0.25, 0.3) is 17.1 Å². The monoisotopic (exact) mass is 527 g/mol. The molecule has 3 heterocycles. The Morgan fingerprint density at radius 1 is 1.23 bits per heavy atom. The number of nitrogens with one attached hydrogen (secondary N) is 2. The summed E-state index contributed by atoms with van der Waals surface area (Å²) in [5.41, 5.74) is 0.327. The van der Waals surface area contributed by atoms with Gasteiger partial charge >= 0.3 is 6.18 Å². The summed E-state index contributed by atoms with van der Waals surface area (Å²) in [6.45, 7) is 1.87. The molecule has 2 aromatic heterocycles. The van der Waals surface area contributed by atoms with E-state index in [2.05, 4.69) is 25.6 Å². The van der Waals surface area contributed by atoms with Crippen LogP contribution in [0.4, 0.5) is 19.1 Å². The fourth-order valence-electron chi connectivity index (χ4n) is 3.94. The molecule has 2 N–H and O–H groups in total. The highest BCUT2D eigenvalue weighted by Gasteiger charge is 2.36. The number of rotatable bonds is 7. The molecule has 1 atom stereocenters. The lowest BCUT2D eigenvalue weighted by Crippen LogP contribution is -2.42. The average molecular weight is 528 g/mol. The maximum absolute atomic E-state index is 13.8. The SMILES string of the molecule is CNCc1ccc(-n2cnc(-c3nc(NC4CCN([S+](C)[O-])CC4)ncc3C(F)(F)F)c2)c(Cl)c1. The third kappa shape index (κ3) is 6.07. The predicted molar refractivity (Wildman–Crippen MR) is 130 cm³/mol. The zero-order valence-corrected chi connectivity index (χ0v) is 20.7. The molecule has 8 nitrogen and oxygen atoms in total. The van der Waals surface area contributed by atoms with Crippen molar-refractivity contribution in [1.82, 2.24) is 29.1 Å². The molecule has 1 saturated heterocycles. The van der Waals surface area contributed by atoms with E-state index in [0.717, 1.165) is 11.8 Å². The van der Waals surface area contributed by atoms with Gasteiger partial charge in [0.05, 0.1) is 10.7 Å². The van der Waals surface area contributed by atoms with Crippen molar-refractivity contribution in [2.75, 3.05) is 31.7 Å². The molecule has 0 saturated carbocycles. The summed E-state index contributed by atoms with van der Waals surface area (Å²) >= 11 is 5.36. The summed E-state index contributed by atoms with van der Waals surface area (Å²) in [4.78, 5) is 12.3. The van der Waals surface area contributed by atoms with Crippen LogP contribution in [0.15, 0.2) is 36.9 Å². The molecule has 4 rings (SSSR count). The lowest BCUT2D eigenvalue weighted by Gasteiger charge is -2.31. The number of anilines is 1. The molecule has 1 aliphatic heterocycles. The van der Waals surface area contributed by atoms with Crippen LogP contribution in [0.3, 0.4) is 0 Å². The maximum atomic E-state index is 13.8. The molecule has 1 aromatic carbocycles. The smallest absolute Gasteiger partial charge is 0.420 e. The Labute approximate surface area is 209 Å². The Morgan fingerprint density at radius 2 is 1.97 bits per heavy atom. The van der Waals surface area contributed by atoms with Gasteiger partial charge in [0, 0.05) is 49.4 Å². The first-order valence-corrected chi connectivity index (χ1v) is 12.8. The van der Waals surface area contributed by atoms with Crippen LogP contribution in [0, 0.1) is 0 Å². The van der Waals surface area contributed by atoms with E-state index in [9.17, 15) is 17.7 Å². The number of nitrogens with zero attached hydrogens (tertiary/aromatic N) is 5. The third-order valence-electron chi connectivity index (χ3n) is 5.74. The molecule has 13 heteroatoms. The largest absolute Gasteiger partial charge is 0.598 e. The molecule has 0 radical (unpaired) electrons. The van der Waals surface area contributed by atoms with E-state index in [1.54, 1.807) is 23.0 Å². The van der Waals surface area contributed by atoms with Gasteiger partial charge in [-0.15, -0.1) is 4.31 Å². The van der Waals surface area contributed by atoms with Crippen molar-refractivity contribution in [2.24, 2.45) is 0 Å². The second kappa shape index (κ2) is 10.7. The molecule has 3 aromatic rings. The molecule has 0 aliphatic carbocycles. The molecule has 0 bridgehead atoms. The highest BCUT2D eigenvalue weighted by atomic mass is 35.5. The quantitative estimate of drug-likeness (QED) is 0.450. The van der Waals surface area contributed by atoms with Gasteiger partial charge in [0.2, 0.25) is 5.95 Å². The molecular formula is C22H25ClF3N7OS. The summed E-state index contributed by atoms with van der Waals surface area (Å²) in [6, 6.07) is 5.42. The van der Waals surface area contributed by atoms with Gasteiger partial charge in [-0.05, 0) is 37.6 Å². The summed E-state index contributed by atoms with van der Waals surface area (Å²) in [7, 11) is 1.82. The van der Waals surface area contributed by atoms with Crippen molar-refractivity contribution < 1.29 is 17.7 Å². The van der Waals surface area contributed by atoms with Crippen LogP contribution in [0.1, 0.15) is 24.0 Å². The Bertz CT molecular complexity index is 1170. The molecule has 0 spiro atoms. The minimum absolute atomic E-state index is 0.0353. The topological polar surface area (TPSA) is 94.0 Å². The molecule has 188 valence electrons. The second-order valence-electron chi connectivity index (χ2n) is 8.21. The standard InChI is InChI=1S/C22H25ClF3N7OS/c1-27-10-14-3-4-19(17(23)9-14)32-12-18(29-13-32)20-16(22(24,25)26)11-28-21(31-20)30-15-5-7-33(8-6-15)35(2)34/h3-4,9,11-13,15,27H,5-8,10H2,1-2H3,(H,28,30,31). The van der Waals surface area contributed by atoms with Crippen LogP contribution in [0.2, 0.25) is 5.02 Å². The number of piperidine rings is 1. The first-order valence-electron chi connectivity index (χ1n) is 10.9. The maximum Gasteiger partial charge on any atom is 0.420 e. The lowest BCUT2D eigenvalue weighted by atomic mass is 10.1. The predicted octanol–water partition coefficient (Wildman–Crippen LogP) is 3.89. The van der Waals surface area contributed by atoms with Crippen molar-refractivity contribution in [1.29, 1.82) is 0 Å². The first kappa shape index (κ1) is 25.7. The van der Waals surface area contributed by atoms with Crippen LogP contribution >= 0.6 is 11.6 Å². The van der Waals surface area contributed by atoms with Gasteiger partial charge in [0.1, 0.15) is 29.5 Å². The highest BCUT2D eigenvalue weighted by Crippen LogP contribution is 2.36. The highest BCUT2D eigenvalue weighted by molar-refractivity contribution is 7.88. The number of halogens is 4. The van der Waals surface area contributed by atoms with Crippen molar-refractivity contribution >= 4 is 28.9 Å². The molecule has 1 unspecified atom stereocenters. The van der Waals surface area contributed by atoms with Gasteiger partial charge in [-0.2, -0.15) is 13.2 Å². The fraction of sp³-hybridized carbons (Fsp3) is 0.409. The fourth-order valence-corrected chi connectivity index (χ4v) is 4.97. The minimum atomic E-state index is -4.65. The van der Waals surface area contributed by atoms with Crippen molar-refractivity contribution in [3.63, 3.8) is 0 Å². The van der Waals surface area contributed by atoms with Crippen LogP contribution in [0.5, 0.6) is 0 Å². The summed E-state index contributed by atoms with van der Waals surface area (Å²) in [5.74, 6) is 0.0908. The Hall–Kier alpha value is -2.38. The van der Waals surface area contributed by atoms with Crippen molar-refractivity contribution in [3.05, 3.63) is 53.1 Å². The molecule has 0 amide bonds. The summed E-state index contributed by atoms with van der Waals surface area (Å²) < 4.78 is 56.3. The van der Waals surface area contributed by atoms with Crippen LogP contribution in [-0.2, 0) is 24.1 Å². The van der Waals surface area contributed by atoms with E-state index in [0.29, 0.717) is 43.2 Å². The average Bonchev–Trinajstić information content (AvgIpc) is 3.29. The van der Waals surface area contributed by atoms with Gasteiger partial charge < -0.3 is 19.8 Å². The van der Waals surface area contributed by atoms with E-state index < -0.39 is 23.1 Å². The second-order valence-corrected chi connectivity index (χ2v) is 9.98. The third-order valence-corrected chi connectivity index (χ3v) is 7.14. The summed E-state index contributed by atoms with van der Waals surface area (Å²) in [5, 5.41) is 6.60. The normalized spacial score (nSPS) is 16.4. The number of alkyl halides is 3. The molecule has 35 heavy (non-hydrogen) atoms. The van der Waals surface area contributed by atoms with Crippen LogP contribution in [-0.4, -0.2) is 60.8 Å². The Morgan fingerprint density at radius 3 is 2.60 bits per heavy atom. The number of hydrogen-bond acceptors (Lipinski definition) is 7. The van der Waals surface area contributed by atoms with Gasteiger partial charge in [-0.1, -0.05) is 17.7 Å². The van der Waals surface area contributed by atoms with Crippen molar-refractivity contribution in [2.45, 2.75) is 31.6 Å².